The molecule has 0 saturated carbocycles. The minimum absolute atomic E-state index is 0.0191. The topological polar surface area (TPSA) is 111 Å². The standard InChI is InChI=1S/C11H20N4O4S/c1-11(2)7-15(4-8(6-16)19-11)20(17,18)9-5-14(3)13-10(9)12/h5,8,16H,4,6-7H2,1-3H3,(H2,12,13). The van der Waals surface area contributed by atoms with Gasteiger partial charge in [0.05, 0.1) is 18.3 Å². The van der Waals surface area contributed by atoms with E-state index in [2.05, 4.69) is 5.10 Å². The first-order valence-electron chi connectivity index (χ1n) is 6.23. The molecule has 0 amide bonds. The Morgan fingerprint density at radius 1 is 1.60 bits per heavy atom. The molecular weight excluding hydrogens is 284 g/mol. The Bertz CT molecular complexity index is 596. The lowest BCUT2D eigenvalue weighted by Gasteiger charge is -2.41. The minimum atomic E-state index is -3.75. The number of ether oxygens (including phenoxy) is 1. The molecule has 0 radical (unpaired) electrons. The Hall–Kier alpha value is -1.16. The summed E-state index contributed by atoms with van der Waals surface area (Å²) in [4.78, 5) is -0.0191. The summed E-state index contributed by atoms with van der Waals surface area (Å²) < 4.78 is 33.5. The van der Waals surface area contributed by atoms with E-state index in [1.54, 1.807) is 20.9 Å². The highest BCUT2D eigenvalue weighted by Gasteiger charge is 2.40. The third kappa shape index (κ3) is 2.80. The van der Waals surface area contributed by atoms with Crippen LogP contribution in [0.15, 0.2) is 11.1 Å². The average molecular weight is 304 g/mol. The molecular formula is C11H20N4O4S. The summed E-state index contributed by atoms with van der Waals surface area (Å²) in [5, 5.41) is 13.1. The van der Waals surface area contributed by atoms with Crippen LogP contribution in [0.25, 0.3) is 0 Å². The molecule has 20 heavy (non-hydrogen) atoms. The number of nitrogens with zero attached hydrogens (tertiary/aromatic N) is 3. The Labute approximate surface area is 118 Å². The molecule has 1 unspecified atom stereocenters. The summed E-state index contributed by atoms with van der Waals surface area (Å²) in [6.07, 6.45) is 0.826. The summed E-state index contributed by atoms with van der Waals surface area (Å²) in [5.74, 6) is -0.0302. The quantitative estimate of drug-likeness (QED) is 0.753. The molecule has 2 heterocycles. The lowest BCUT2D eigenvalue weighted by Crippen LogP contribution is -2.55. The summed E-state index contributed by atoms with van der Waals surface area (Å²) in [5.41, 5.74) is 4.98. The number of hydrogen-bond donors (Lipinski definition) is 2. The molecule has 1 aromatic heterocycles. The van der Waals surface area contributed by atoms with E-state index in [9.17, 15) is 13.5 Å². The van der Waals surface area contributed by atoms with Gasteiger partial charge in [-0.3, -0.25) is 4.68 Å². The second kappa shape index (κ2) is 4.99. The van der Waals surface area contributed by atoms with Crippen LogP contribution in [0.4, 0.5) is 5.82 Å². The van der Waals surface area contributed by atoms with Gasteiger partial charge in [0, 0.05) is 26.3 Å². The summed E-state index contributed by atoms with van der Waals surface area (Å²) in [6, 6.07) is 0. The van der Waals surface area contributed by atoms with E-state index in [4.69, 9.17) is 10.5 Å². The predicted octanol–water partition coefficient (Wildman–Crippen LogP) is -0.837. The van der Waals surface area contributed by atoms with Crippen LogP contribution >= 0.6 is 0 Å². The van der Waals surface area contributed by atoms with Gasteiger partial charge in [-0.25, -0.2) is 8.42 Å². The maximum atomic E-state index is 12.6. The molecule has 0 aromatic carbocycles. The minimum Gasteiger partial charge on any atom is -0.394 e. The second-order valence-electron chi connectivity index (χ2n) is 5.53. The van der Waals surface area contributed by atoms with E-state index in [1.807, 2.05) is 0 Å². The Balaban J connectivity index is 2.36. The highest BCUT2D eigenvalue weighted by atomic mass is 32.2. The van der Waals surface area contributed by atoms with Crippen molar-refractivity contribution < 1.29 is 18.3 Å². The molecule has 1 atom stereocenters. The number of rotatable bonds is 3. The summed E-state index contributed by atoms with van der Waals surface area (Å²) >= 11 is 0. The molecule has 1 fully saturated rings. The van der Waals surface area contributed by atoms with Crippen LogP contribution in [-0.2, 0) is 21.8 Å². The molecule has 8 nitrogen and oxygen atoms in total. The molecule has 1 saturated heterocycles. The van der Waals surface area contributed by atoms with Crippen molar-refractivity contribution in [1.82, 2.24) is 14.1 Å². The van der Waals surface area contributed by atoms with Crippen molar-refractivity contribution in [2.75, 3.05) is 25.4 Å². The number of nitrogens with two attached hydrogens (primary N) is 1. The lowest BCUT2D eigenvalue weighted by molar-refractivity contribution is -0.131. The molecule has 0 aliphatic carbocycles. The molecule has 3 N–H and O–H groups in total. The van der Waals surface area contributed by atoms with Gasteiger partial charge in [-0.15, -0.1) is 0 Å². The summed E-state index contributed by atoms with van der Waals surface area (Å²) in [6.45, 7) is 3.61. The van der Waals surface area contributed by atoms with Gasteiger partial charge < -0.3 is 15.6 Å². The molecule has 2 rings (SSSR count). The van der Waals surface area contributed by atoms with E-state index < -0.39 is 21.7 Å². The van der Waals surface area contributed by atoms with Gasteiger partial charge in [-0.1, -0.05) is 0 Å². The fourth-order valence-corrected chi connectivity index (χ4v) is 4.05. The Morgan fingerprint density at radius 2 is 2.25 bits per heavy atom. The Kier molecular flexibility index (Phi) is 3.80. The van der Waals surface area contributed by atoms with Crippen molar-refractivity contribution in [3.05, 3.63) is 6.20 Å². The molecule has 0 spiro atoms. The zero-order chi connectivity index (χ0) is 15.1. The van der Waals surface area contributed by atoms with E-state index in [0.29, 0.717) is 0 Å². The average Bonchev–Trinajstić information content (AvgIpc) is 2.67. The van der Waals surface area contributed by atoms with Gasteiger partial charge in [0.25, 0.3) is 0 Å². The molecule has 1 aliphatic rings. The fraction of sp³-hybridized carbons (Fsp3) is 0.727. The van der Waals surface area contributed by atoms with Crippen LogP contribution in [0.3, 0.4) is 0 Å². The highest BCUT2D eigenvalue weighted by molar-refractivity contribution is 7.89. The number of aliphatic hydroxyl groups excluding tert-OH is 1. The highest BCUT2D eigenvalue weighted by Crippen LogP contribution is 2.28. The first-order valence-corrected chi connectivity index (χ1v) is 7.68. The van der Waals surface area contributed by atoms with Crippen molar-refractivity contribution >= 4 is 15.8 Å². The SMILES string of the molecule is Cn1cc(S(=O)(=O)N2CC(CO)OC(C)(C)C2)c(N)n1. The molecule has 1 aromatic rings. The maximum Gasteiger partial charge on any atom is 0.248 e. The molecule has 0 bridgehead atoms. The maximum absolute atomic E-state index is 12.6. The fourth-order valence-electron chi connectivity index (χ4n) is 2.34. The van der Waals surface area contributed by atoms with E-state index in [1.165, 1.54) is 15.2 Å². The summed E-state index contributed by atoms with van der Waals surface area (Å²) in [7, 11) is -2.15. The number of nitrogen functional groups attached to an aromatic ring is 1. The van der Waals surface area contributed by atoms with Gasteiger partial charge in [0.15, 0.2) is 5.82 Å². The van der Waals surface area contributed by atoms with Crippen LogP contribution in [0.2, 0.25) is 0 Å². The largest absolute Gasteiger partial charge is 0.394 e. The number of aliphatic hydroxyl groups is 1. The predicted molar refractivity (Wildman–Crippen MR) is 72.4 cm³/mol. The van der Waals surface area contributed by atoms with Crippen LogP contribution in [0, 0.1) is 0 Å². The monoisotopic (exact) mass is 304 g/mol. The van der Waals surface area contributed by atoms with Crippen LogP contribution < -0.4 is 5.73 Å². The van der Waals surface area contributed by atoms with Gasteiger partial charge in [0.2, 0.25) is 10.0 Å². The van der Waals surface area contributed by atoms with E-state index in [-0.39, 0.29) is 30.4 Å². The number of aryl methyl sites for hydroxylation is 1. The van der Waals surface area contributed by atoms with E-state index >= 15 is 0 Å². The van der Waals surface area contributed by atoms with Crippen molar-refractivity contribution in [3.8, 4) is 0 Å². The first-order chi connectivity index (χ1) is 9.15. The van der Waals surface area contributed by atoms with Gasteiger partial charge in [-0.05, 0) is 13.8 Å². The number of sulfonamides is 1. The zero-order valence-corrected chi connectivity index (χ0v) is 12.6. The van der Waals surface area contributed by atoms with Crippen molar-refractivity contribution in [2.24, 2.45) is 7.05 Å². The smallest absolute Gasteiger partial charge is 0.248 e. The molecule has 9 heteroatoms. The number of aromatic nitrogens is 2. The van der Waals surface area contributed by atoms with Crippen LogP contribution in [0.5, 0.6) is 0 Å². The third-order valence-corrected chi connectivity index (χ3v) is 4.92. The van der Waals surface area contributed by atoms with E-state index in [0.717, 1.165) is 0 Å². The van der Waals surface area contributed by atoms with Crippen molar-refractivity contribution in [2.45, 2.75) is 30.4 Å². The van der Waals surface area contributed by atoms with Crippen molar-refractivity contribution in [3.63, 3.8) is 0 Å². The molecule has 1 aliphatic heterocycles. The normalized spacial score (nSPS) is 23.9. The number of hydrogen-bond acceptors (Lipinski definition) is 6. The van der Waals surface area contributed by atoms with Crippen LogP contribution in [0.1, 0.15) is 13.8 Å². The van der Waals surface area contributed by atoms with Gasteiger partial charge in [-0.2, -0.15) is 9.40 Å². The number of anilines is 1. The Morgan fingerprint density at radius 3 is 2.75 bits per heavy atom. The zero-order valence-electron chi connectivity index (χ0n) is 11.8. The van der Waals surface area contributed by atoms with Gasteiger partial charge in [0.1, 0.15) is 4.90 Å². The van der Waals surface area contributed by atoms with Crippen molar-refractivity contribution in [1.29, 1.82) is 0 Å². The second-order valence-corrected chi connectivity index (χ2v) is 7.44. The number of morpholine rings is 1. The van der Waals surface area contributed by atoms with Gasteiger partial charge >= 0.3 is 0 Å². The van der Waals surface area contributed by atoms with Crippen LogP contribution in [-0.4, -0.2) is 59.0 Å². The first kappa shape index (κ1) is 15.2. The lowest BCUT2D eigenvalue weighted by atomic mass is 10.1. The molecule has 114 valence electrons. The third-order valence-electron chi connectivity index (χ3n) is 3.09.